The zero-order chi connectivity index (χ0) is 27.5. The van der Waals surface area contributed by atoms with Crippen LogP contribution in [0.25, 0.3) is 11.1 Å². The van der Waals surface area contributed by atoms with Crippen molar-refractivity contribution in [3.05, 3.63) is 35.5 Å². The quantitative estimate of drug-likeness (QED) is 0.234. The average molecular weight is 549 g/mol. The van der Waals surface area contributed by atoms with Crippen molar-refractivity contribution in [2.75, 3.05) is 0 Å². The number of hydrogen-bond acceptors (Lipinski definition) is 9. The van der Waals surface area contributed by atoms with Crippen LogP contribution < -0.4 is 0 Å². The van der Waals surface area contributed by atoms with E-state index < -0.39 is 51.2 Å². The minimum Gasteiger partial charge on any atom is -0.361 e. The maximum absolute atomic E-state index is 17.6. The van der Waals surface area contributed by atoms with Gasteiger partial charge in [0.2, 0.25) is 0 Å². The molecule has 12 heteroatoms. The second kappa shape index (κ2) is 12.0. The molecule has 2 rings (SSSR count). The van der Waals surface area contributed by atoms with Crippen molar-refractivity contribution in [2.45, 2.75) is 105 Å². The summed E-state index contributed by atoms with van der Waals surface area (Å²) in [6.07, 6.45) is -0.498. The average Bonchev–Trinajstić information content (AvgIpc) is 3.03. The lowest BCUT2D eigenvalue weighted by Crippen LogP contribution is -2.34. The van der Waals surface area contributed by atoms with E-state index in [0.29, 0.717) is 22.6 Å². The van der Waals surface area contributed by atoms with Gasteiger partial charge in [0.05, 0.1) is 30.1 Å². The van der Waals surface area contributed by atoms with Crippen LogP contribution in [0.5, 0.6) is 0 Å². The zero-order valence-electron chi connectivity index (χ0n) is 22.8. The van der Waals surface area contributed by atoms with Gasteiger partial charge in [0, 0.05) is 29.9 Å². The summed E-state index contributed by atoms with van der Waals surface area (Å²) in [6, 6.07) is 1.65. The Morgan fingerprint density at radius 1 is 0.861 bits per heavy atom. The maximum atomic E-state index is 17.6. The van der Waals surface area contributed by atoms with Crippen LogP contribution in [0.3, 0.4) is 0 Å². The molecule has 0 aliphatic carbocycles. The molecule has 0 radical (unpaired) electrons. The van der Waals surface area contributed by atoms with Gasteiger partial charge in [-0.25, -0.2) is 4.39 Å². The highest BCUT2D eigenvalue weighted by molar-refractivity contribution is 7.74. The highest BCUT2D eigenvalue weighted by Gasteiger charge is 2.68. The molecule has 0 saturated heterocycles. The molecule has 0 aliphatic heterocycles. The van der Waals surface area contributed by atoms with Gasteiger partial charge in [-0.3, -0.25) is 14.1 Å². The van der Waals surface area contributed by atoms with Gasteiger partial charge < -0.3 is 22.6 Å². The molecule has 0 aromatic carbocycles. The Morgan fingerprint density at radius 2 is 1.31 bits per heavy atom. The summed E-state index contributed by atoms with van der Waals surface area (Å²) in [5.74, 6) is 0.562. The summed E-state index contributed by atoms with van der Waals surface area (Å²) in [5.41, 5.74) is 2.23. The Kier molecular flexibility index (Phi) is 10.2. The molecule has 0 saturated carbocycles. The van der Waals surface area contributed by atoms with Crippen LogP contribution in [-0.2, 0) is 33.6 Å². The minimum absolute atomic E-state index is 0.287. The lowest BCUT2D eigenvalue weighted by Gasteiger charge is -2.39. The van der Waals surface area contributed by atoms with E-state index in [0.717, 1.165) is 0 Å². The van der Waals surface area contributed by atoms with Crippen molar-refractivity contribution < 1.29 is 36.1 Å². The van der Waals surface area contributed by atoms with E-state index in [1.807, 2.05) is 0 Å². The summed E-state index contributed by atoms with van der Waals surface area (Å²) in [7, 11) is -9.57. The van der Waals surface area contributed by atoms with Gasteiger partial charge in [-0.15, -0.1) is 0 Å². The zero-order valence-corrected chi connectivity index (χ0v) is 24.6. The number of hydrogen-bond donors (Lipinski definition) is 0. The number of alkyl halides is 1. The van der Waals surface area contributed by atoms with E-state index in [1.54, 1.807) is 81.5 Å². The first kappa shape index (κ1) is 30.8. The van der Waals surface area contributed by atoms with Crippen LogP contribution in [0.2, 0.25) is 0 Å². The second-order valence-electron chi connectivity index (χ2n) is 9.79. The molecule has 0 fully saturated rings. The predicted molar refractivity (Wildman–Crippen MR) is 137 cm³/mol. The number of aryl methyl sites for hydroxylation is 2. The Morgan fingerprint density at radius 3 is 1.67 bits per heavy atom. The third-order valence-corrected chi connectivity index (χ3v) is 11.0. The first-order valence-corrected chi connectivity index (χ1v) is 15.1. The van der Waals surface area contributed by atoms with E-state index >= 15 is 4.39 Å². The largest absolute Gasteiger partial charge is 0.381 e. The van der Waals surface area contributed by atoms with Crippen LogP contribution in [0, 0.1) is 13.8 Å². The summed E-state index contributed by atoms with van der Waals surface area (Å²) in [4.78, 5) is 4.24. The number of pyridine rings is 1. The number of rotatable bonds is 13. The van der Waals surface area contributed by atoms with Gasteiger partial charge in [0.15, 0.2) is 0 Å². The van der Waals surface area contributed by atoms with Gasteiger partial charge in [-0.05, 0) is 80.9 Å². The van der Waals surface area contributed by atoms with Gasteiger partial charge in [0.25, 0.3) is 0 Å². The summed E-state index contributed by atoms with van der Waals surface area (Å²) >= 11 is 0. The number of aromatic nitrogens is 2. The molecule has 2 heterocycles. The first-order chi connectivity index (χ1) is 16.5. The third-order valence-electron chi connectivity index (χ3n) is 4.78. The lowest BCUT2D eigenvalue weighted by molar-refractivity contribution is 0.0807. The van der Waals surface area contributed by atoms with E-state index in [1.165, 1.54) is 6.20 Å². The molecule has 0 bridgehead atoms. The van der Waals surface area contributed by atoms with Crippen LogP contribution >= 0.6 is 15.2 Å². The number of nitrogens with zero attached hydrogens (tertiary/aromatic N) is 2. The van der Waals surface area contributed by atoms with Crippen molar-refractivity contribution in [1.82, 2.24) is 10.1 Å². The lowest BCUT2D eigenvalue weighted by atomic mass is 10.0. The van der Waals surface area contributed by atoms with Gasteiger partial charge in [-0.1, -0.05) is 5.16 Å². The summed E-state index contributed by atoms with van der Waals surface area (Å²) in [6.45, 7) is 16.3. The van der Waals surface area contributed by atoms with Crippen molar-refractivity contribution >= 4 is 15.2 Å². The van der Waals surface area contributed by atoms with Crippen molar-refractivity contribution in [2.24, 2.45) is 0 Å². The van der Waals surface area contributed by atoms with Crippen molar-refractivity contribution in [3.8, 4) is 11.1 Å². The molecule has 0 atom stereocenters. The monoisotopic (exact) mass is 548 g/mol. The SMILES string of the molecule is Cc1noc(C)c1-c1cncc(CC(F)(P(=O)(OC(C)C)OC(C)C)P(=O)(OC(C)C)OC(C)C)c1. The first-order valence-electron chi connectivity index (χ1n) is 12.0. The smallest absolute Gasteiger partial charge is 0.361 e. The third kappa shape index (κ3) is 6.91. The van der Waals surface area contributed by atoms with Crippen LogP contribution in [0.1, 0.15) is 72.4 Å². The molecule has 0 amide bonds. The van der Waals surface area contributed by atoms with E-state index in [9.17, 15) is 9.13 Å². The van der Waals surface area contributed by atoms with E-state index in [4.69, 9.17) is 22.6 Å². The molecule has 0 N–H and O–H groups in total. The second-order valence-corrected chi connectivity index (χ2v) is 14.4. The molecule has 2 aromatic heterocycles. The fourth-order valence-corrected chi connectivity index (χ4v) is 9.19. The van der Waals surface area contributed by atoms with Crippen LogP contribution in [-0.4, -0.2) is 39.7 Å². The molecular formula is C24H39FN2O7P2. The fraction of sp³-hybridized carbons (Fsp3) is 0.667. The summed E-state index contributed by atoms with van der Waals surface area (Å²) in [5, 5.41) is 0.782. The fourth-order valence-electron chi connectivity index (χ4n) is 3.70. The maximum Gasteiger partial charge on any atom is 0.381 e. The summed E-state index contributed by atoms with van der Waals surface area (Å²) < 4.78 is 73.9. The predicted octanol–water partition coefficient (Wildman–Crippen LogP) is 7.61. The van der Waals surface area contributed by atoms with Crippen molar-refractivity contribution in [3.63, 3.8) is 0 Å². The van der Waals surface area contributed by atoms with Gasteiger partial charge >= 0.3 is 20.3 Å². The van der Waals surface area contributed by atoms with Crippen LogP contribution in [0.4, 0.5) is 4.39 Å². The molecule has 9 nitrogen and oxygen atoms in total. The van der Waals surface area contributed by atoms with Crippen molar-refractivity contribution in [1.29, 1.82) is 0 Å². The Labute approximate surface area is 213 Å². The molecule has 0 aliphatic rings. The number of halogens is 1. The Hall–Kier alpha value is -1.41. The molecule has 2 aromatic rings. The van der Waals surface area contributed by atoms with Gasteiger partial charge in [-0.2, -0.15) is 0 Å². The van der Waals surface area contributed by atoms with Gasteiger partial charge in [0.1, 0.15) is 5.76 Å². The molecule has 0 spiro atoms. The topological polar surface area (TPSA) is 110 Å². The van der Waals surface area contributed by atoms with E-state index in [2.05, 4.69) is 10.1 Å². The molecule has 204 valence electrons. The standard InChI is InChI=1S/C24H39FN2O7P2/c1-15(2)31-35(28,32-16(3)4)24(25,36(29,33-17(5)6)34-18(7)8)12-21-11-22(14-26-13-21)23-19(9)27-30-20(23)10/h11,13-18H,12H2,1-10H3. The Bertz CT molecular complexity index is 1030. The van der Waals surface area contributed by atoms with E-state index in [-0.39, 0.29) is 5.56 Å². The molecular weight excluding hydrogens is 509 g/mol. The highest BCUT2D eigenvalue weighted by Crippen LogP contribution is 2.80. The Balaban J connectivity index is 2.77. The highest BCUT2D eigenvalue weighted by atomic mass is 31.2. The van der Waals surface area contributed by atoms with Crippen LogP contribution in [0.15, 0.2) is 23.0 Å². The molecule has 36 heavy (non-hydrogen) atoms. The normalized spacial score (nSPS) is 13.5. The minimum atomic E-state index is -4.79. The molecule has 0 unspecified atom stereocenters.